The molecule has 5 heteroatoms. The molecule has 1 aromatic carbocycles. The molecule has 1 aliphatic heterocycles. The van der Waals surface area contributed by atoms with Crippen molar-refractivity contribution in [2.45, 2.75) is 17.9 Å². The molecule has 4 nitrogen and oxygen atoms in total. The fourth-order valence-electron chi connectivity index (χ4n) is 2.02. The molecule has 84 valence electrons. The number of rotatable bonds is 0. The van der Waals surface area contributed by atoms with Crippen molar-refractivity contribution in [2.75, 3.05) is 17.7 Å². The molecule has 0 N–H and O–H groups in total. The Morgan fingerprint density at radius 1 is 1.50 bits per heavy atom. The second kappa shape index (κ2) is 3.49. The monoisotopic (exact) mass is 236 g/mol. The lowest BCUT2D eigenvalue weighted by Crippen LogP contribution is -2.41. The number of nitriles is 1. The molecule has 0 radical (unpaired) electrons. The van der Waals surface area contributed by atoms with Gasteiger partial charge in [-0.1, -0.05) is 12.1 Å². The lowest BCUT2D eigenvalue weighted by Gasteiger charge is -2.32. The van der Waals surface area contributed by atoms with E-state index in [1.54, 1.807) is 24.1 Å². The Hall–Kier alpha value is -1.54. The van der Waals surface area contributed by atoms with Crippen molar-refractivity contribution in [3.8, 4) is 6.07 Å². The third-order valence-corrected chi connectivity index (χ3v) is 4.64. The van der Waals surface area contributed by atoms with E-state index in [1.807, 2.05) is 19.1 Å². The van der Waals surface area contributed by atoms with Gasteiger partial charge >= 0.3 is 0 Å². The van der Waals surface area contributed by atoms with Crippen LogP contribution in [0, 0.1) is 18.3 Å². The van der Waals surface area contributed by atoms with E-state index in [9.17, 15) is 8.42 Å². The van der Waals surface area contributed by atoms with Gasteiger partial charge in [-0.15, -0.1) is 0 Å². The summed E-state index contributed by atoms with van der Waals surface area (Å²) in [5.74, 6) is -0.129. The first-order chi connectivity index (χ1) is 7.47. The Morgan fingerprint density at radius 3 is 2.81 bits per heavy atom. The largest absolute Gasteiger partial charge is 0.357 e. The van der Waals surface area contributed by atoms with Gasteiger partial charge in [0.15, 0.2) is 9.84 Å². The van der Waals surface area contributed by atoms with E-state index in [1.165, 1.54) is 0 Å². The zero-order valence-corrected chi connectivity index (χ0v) is 9.95. The van der Waals surface area contributed by atoms with Gasteiger partial charge in [0.1, 0.15) is 6.04 Å². The highest BCUT2D eigenvalue weighted by molar-refractivity contribution is 7.91. The zero-order valence-electron chi connectivity index (χ0n) is 9.14. The van der Waals surface area contributed by atoms with E-state index in [2.05, 4.69) is 0 Å². The summed E-state index contributed by atoms with van der Waals surface area (Å²) in [6.07, 6.45) is 0. The summed E-state index contributed by atoms with van der Waals surface area (Å²) in [6.45, 7) is 1.85. The van der Waals surface area contributed by atoms with E-state index >= 15 is 0 Å². The van der Waals surface area contributed by atoms with Gasteiger partial charge in [0.25, 0.3) is 0 Å². The lowest BCUT2D eigenvalue weighted by molar-refractivity contribution is 0.585. The van der Waals surface area contributed by atoms with Gasteiger partial charge in [-0.3, -0.25) is 0 Å². The SMILES string of the molecule is Cc1cccc2c1N(C)C(C#N)CS2(=O)=O. The second-order valence-electron chi connectivity index (χ2n) is 3.96. The van der Waals surface area contributed by atoms with E-state index < -0.39 is 15.9 Å². The molecule has 1 heterocycles. The fraction of sp³-hybridized carbons (Fsp3) is 0.364. The molecule has 0 aromatic heterocycles. The van der Waals surface area contributed by atoms with Crippen LogP contribution >= 0.6 is 0 Å². The standard InChI is InChI=1S/C11H12N2O2S/c1-8-4-3-5-10-11(8)13(2)9(6-12)7-16(10,14)15/h3-5,9H,7H2,1-2H3. The minimum absolute atomic E-state index is 0.129. The van der Waals surface area contributed by atoms with Crippen LogP contribution in [0.3, 0.4) is 0 Å². The van der Waals surface area contributed by atoms with Gasteiger partial charge in [-0.25, -0.2) is 8.42 Å². The van der Waals surface area contributed by atoms with E-state index in [0.29, 0.717) is 10.6 Å². The molecule has 0 saturated heterocycles. The van der Waals surface area contributed by atoms with Crippen LogP contribution in [0.1, 0.15) is 5.56 Å². The molecule has 16 heavy (non-hydrogen) atoms. The average Bonchev–Trinajstić information content (AvgIpc) is 2.23. The summed E-state index contributed by atoms with van der Waals surface area (Å²) in [5, 5.41) is 8.95. The Bertz CT molecular complexity index is 572. The molecule has 1 atom stereocenters. The van der Waals surface area contributed by atoms with Crippen molar-refractivity contribution >= 4 is 15.5 Å². The molecule has 0 spiro atoms. The highest BCUT2D eigenvalue weighted by Gasteiger charge is 2.34. The van der Waals surface area contributed by atoms with Crippen molar-refractivity contribution in [3.05, 3.63) is 23.8 Å². The zero-order chi connectivity index (χ0) is 11.9. The van der Waals surface area contributed by atoms with Crippen LogP contribution in [0.25, 0.3) is 0 Å². The quantitative estimate of drug-likeness (QED) is 0.677. The maximum Gasteiger partial charge on any atom is 0.183 e. The molecule has 1 aliphatic rings. The minimum Gasteiger partial charge on any atom is -0.357 e. The molecule has 1 unspecified atom stereocenters. The second-order valence-corrected chi connectivity index (χ2v) is 5.96. The van der Waals surface area contributed by atoms with Gasteiger partial charge in [-0.2, -0.15) is 5.26 Å². The van der Waals surface area contributed by atoms with Gasteiger partial charge < -0.3 is 4.90 Å². The third kappa shape index (κ3) is 1.46. The van der Waals surface area contributed by atoms with Crippen LogP contribution in [0.2, 0.25) is 0 Å². The topological polar surface area (TPSA) is 61.2 Å². The summed E-state index contributed by atoms with van der Waals surface area (Å²) in [5.41, 5.74) is 1.53. The van der Waals surface area contributed by atoms with E-state index in [0.717, 1.165) is 5.56 Å². The van der Waals surface area contributed by atoms with Crippen molar-refractivity contribution in [3.63, 3.8) is 0 Å². The molecule has 2 rings (SSSR count). The molecule has 0 amide bonds. The summed E-state index contributed by atoms with van der Waals surface area (Å²) < 4.78 is 23.9. The van der Waals surface area contributed by atoms with Crippen LogP contribution in [-0.2, 0) is 9.84 Å². The predicted molar refractivity (Wildman–Crippen MR) is 61.0 cm³/mol. The average molecular weight is 236 g/mol. The summed E-state index contributed by atoms with van der Waals surface area (Å²) in [4.78, 5) is 2.08. The van der Waals surface area contributed by atoms with Gasteiger partial charge in [0.05, 0.1) is 22.4 Å². The minimum atomic E-state index is -3.32. The Morgan fingerprint density at radius 2 is 2.19 bits per heavy atom. The number of aryl methyl sites for hydroxylation is 1. The number of sulfone groups is 1. The summed E-state index contributed by atoms with van der Waals surface area (Å²) in [6, 6.07) is 6.60. The Labute approximate surface area is 95.0 Å². The molecule has 0 saturated carbocycles. The number of nitrogens with zero attached hydrogens (tertiary/aromatic N) is 2. The lowest BCUT2D eigenvalue weighted by atomic mass is 10.1. The number of para-hydroxylation sites is 1. The molecule has 0 aliphatic carbocycles. The fourth-order valence-corrected chi connectivity index (χ4v) is 3.80. The highest BCUT2D eigenvalue weighted by Crippen LogP contribution is 2.34. The number of hydrogen-bond acceptors (Lipinski definition) is 4. The van der Waals surface area contributed by atoms with Crippen LogP contribution in [0.4, 0.5) is 5.69 Å². The number of fused-ring (bicyclic) bond motifs is 1. The first kappa shape index (κ1) is 11.0. The molecular weight excluding hydrogens is 224 g/mol. The number of hydrogen-bond donors (Lipinski definition) is 0. The van der Waals surface area contributed by atoms with Gasteiger partial charge in [0.2, 0.25) is 0 Å². The first-order valence-electron chi connectivity index (χ1n) is 4.92. The van der Waals surface area contributed by atoms with Crippen molar-refractivity contribution in [2.24, 2.45) is 0 Å². The smallest absolute Gasteiger partial charge is 0.183 e. The normalized spacial score (nSPS) is 22.3. The third-order valence-electron chi connectivity index (χ3n) is 2.88. The Balaban J connectivity index is 2.75. The van der Waals surface area contributed by atoms with Crippen LogP contribution in [-0.4, -0.2) is 27.3 Å². The molecule has 0 fully saturated rings. The molecule has 0 bridgehead atoms. The van der Waals surface area contributed by atoms with E-state index in [-0.39, 0.29) is 5.75 Å². The number of benzene rings is 1. The van der Waals surface area contributed by atoms with E-state index in [4.69, 9.17) is 5.26 Å². The predicted octanol–water partition coefficient (Wildman–Crippen LogP) is 1.11. The highest BCUT2D eigenvalue weighted by atomic mass is 32.2. The van der Waals surface area contributed by atoms with Crippen LogP contribution in [0.15, 0.2) is 23.1 Å². The Kier molecular flexibility index (Phi) is 2.39. The van der Waals surface area contributed by atoms with Crippen LogP contribution < -0.4 is 4.90 Å². The van der Waals surface area contributed by atoms with Crippen LogP contribution in [0.5, 0.6) is 0 Å². The summed E-state index contributed by atoms with van der Waals surface area (Å²) >= 11 is 0. The maximum absolute atomic E-state index is 12.0. The summed E-state index contributed by atoms with van der Waals surface area (Å²) in [7, 11) is -1.56. The number of anilines is 1. The van der Waals surface area contributed by atoms with Gasteiger partial charge in [0, 0.05) is 7.05 Å². The van der Waals surface area contributed by atoms with Crippen molar-refractivity contribution in [1.82, 2.24) is 0 Å². The van der Waals surface area contributed by atoms with Crippen molar-refractivity contribution < 1.29 is 8.42 Å². The molecular formula is C11H12N2O2S. The van der Waals surface area contributed by atoms with Crippen molar-refractivity contribution in [1.29, 1.82) is 5.26 Å². The molecule has 1 aromatic rings. The maximum atomic E-state index is 12.0. The first-order valence-corrected chi connectivity index (χ1v) is 6.57. The van der Waals surface area contributed by atoms with Gasteiger partial charge in [-0.05, 0) is 18.6 Å².